The summed E-state index contributed by atoms with van der Waals surface area (Å²) in [5.74, 6) is -0.0631. The first-order chi connectivity index (χ1) is 18.6. The summed E-state index contributed by atoms with van der Waals surface area (Å²) in [6, 6.07) is 17.7. The number of morpholine rings is 1. The van der Waals surface area contributed by atoms with Crippen molar-refractivity contribution in [2.24, 2.45) is 0 Å². The van der Waals surface area contributed by atoms with Crippen LogP contribution in [0.25, 0.3) is 0 Å². The second kappa shape index (κ2) is 12.3. The topological polar surface area (TPSA) is 122 Å². The summed E-state index contributed by atoms with van der Waals surface area (Å²) < 4.78 is 65.8. The number of carbonyl (C=O) groups excluding carboxylic acids is 1. The number of carbonyl (C=O) groups is 1. The molecule has 1 N–H and O–H groups in total. The predicted molar refractivity (Wildman–Crippen MR) is 148 cm³/mol. The van der Waals surface area contributed by atoms with E-state index in [-0.39, 0.29) is 28.6 Å². The lowest BCUT2D eigenvalue weighted by molar-refractivity contribution is -0.114. The van der Waals surface area contributed by atoms with Gasteiger partial charge in [-0.25, -0.2) is 16.8 Å². The minimum absolute atomic E-state index is 0.0359. The van der Waals surface area contributed by atoms with E-state index in [0.717, 1.165) is 4.31 Å². The minimum atomic E-state index is -4.14. The predicted octanol–water partition coefficient (Wildman–Crippen LogP) is 3.59. The quantitative estimate of drug-likeness (QED) is 0.381. The molecule has 39 heavy (non-hydrogen) atoms. The number of halogens is 1. The van der Waals surface area contributed by atoms with Gasteiger partial charge >= 0.3 is 0 Å². The molecule has 1 amide bonds. The lowest BCUT2D eigenvalue weighted by Gasteiger charge is -2.26. The van der Waals surface area contributed by atoms with Gasteiger partial charge in [0, 0.05) is 23.8 Å². The molecule has 0 bridgehead atoms. The summed E-state index contributed by atoms with van der Waals surface area (Å²) in [5, 5.41) is 3.02. The molecule has 1 fully saturated rings. The third-order valence-corrected chi connectivity index (χ3v) is 9.82. The van der Waals surface area contributed by atoms with Crippen molar-refractivity contribution in [3.8, 4) is 5.75 Å². The van der Waals surface area contributed by atoms with Gasteiger partial charge in [0.1, 0.15) is 12.3 Å². The second-order valence-corrected chi connectivity index (χ2v) is 12.7. The molecule has 10 nitrogen and oxygen atoms in total. The Kier molecular flexibility index (Phi) is 9.13. The molecule has 3 aromatic rings. The van der Waals surface area contributed by atoms with Crippen molar-refractivity contribution in [1.82, 2.24) is 4.31 Å². The fourth-order valence-corrected chi connectivity index (χ4v) is 6.86. The van der Waals surface area contributed by atoms with Crippen LogP contribution in [0.2, 0.25) is 5.02 Å². The van der Waals surface area contributed by atoms with Crippen LogP contribution in [0.3, 0.4) is 0 Å². The van der Waals surface area contributed by atoms with Crippen molar-refractivity contribution in [2.75, 3.05) is 49.1 Å². The standard InChI is InChI=1S/C26H28ClN3O7S2/c1-2-37-23-9-7-22(8-10-23)30(39(34,35)25-11-3-20(27)4-12-25)19-26(31)28-21-5-13-24(14-6-21)38(32,33)29-15-17-36-18-16-29/h3-14H,2,15-19H2,1H3,(H,28,31). The smallest absolute Gasteiger partial charge is 0.264 e. The van der Waals surface area contributed by atoms with Gasteiger partial charge in [-0.2, -0.15) is 4.31 Å². The van der Waals surface area contributed by atoms with Crippen LogP contribution in [0.1, 0.15) is 6.92 Å². The van der Waals surface area contributed by atoms with Crippen molar-refractivity contribution in [1.29, 1.82) is 0 Å². The molecule has 13 heteroatoms. The van der Waals surface area contributed by atoms with E-state index in [1.54, 1.807) is 24.3 Å². The molecule has 0 aromatic heterocycles. The highest BCUT2D eigenvalue weighted by Crippen LogP contribution is 2.27. The monoisotopic (exact) mass is 593 g/mol. The zero-order valence-electron chi connectivity index (χ0n) is 21.1. The first-order valence-electron chi connectivity index (χ1n) is 12.1. The molecule has 0 spiro atoms. The number of ether oxygens (including phenoxy) is 2. The molecule has 1 saturated heterocycles. The van der Waals surface area contributed by atoms with E-state index in [0.29, 0.717) is 36.3 Å². The Hall–Kier alpha value is -3.16. The normalized spacial score (nSPS) is 14.5. The van der Waals surface area contributed by atoms with Gasteiger partial charge in [0.2, 0.25) is 15.9 Å². The Morgan fingerprint density at radius 3 is 2.10 bits per heavy atom. The SMILES string of the molecule is CCOc1ccc(N(CC(=O)Nc2ccc(S(=O)(=O)N3CCOCC3)cc2)S(=O)(=O)c2ccc(Cl)cc2)cc1. The third kappa shape index (κ3) is 6.89. The lowest BCUT2D eigenvalue weighted by Crippen LogP contribution is -2.40. The Labute approximate surface area is 233 Å². The Bertz CT molecular complexity index is 1490. The number of hydrogen-bond acceptors (Lipinski definition) is 7. The van der Waals surface area contributed by atoms with Gasteiger partial charge in [-0.1, -0.05) is 11.6 Å². The molecular weight excluding hydrogens is 566 g/mol. The molecule has 1 aliphatic heterocycles. The van der Waals surface area contributed by atoms with E-state index >= 15 is 0 Å². The molecular formula is C26H28ClN3O7S2. The summed E-state index contributed by atoms with van der Waals surface area (Å²) >= 11 is 5.93. The summed E-state index contributed by atoms with van der Waals surface area (Å²) in [6.45, 7) is 2.94. The highest BCUT2D eigenvalue weighted by Gasteiger charge is 2.28. The van der Waals surface area contributed by atoms with Gasteiger partial charge in [-0.3, -0.25) is 9.10 Å². The maximum Gasteiger partial charge on any atom is 0.264 e. The van der Waals surface area contributed by atoms with Gasteiger partial charge in [0.25, 0.3) is 10.0 Å². The number of sulfonamides is 2. The molecule has 208 valence electrons. The van der Waals surface area contributed by atoms with Crippen LogP contribution >= 0.6 is 11.6 Å². The first kappa shape index (κ1) is 28.8. The van der Waals surface area contributed by atoms with Crippen molar-refractivity contribution in [3.63, 3.8) is 0 Å². The zero-order chi connectivity index (χ0) is 28.0. The van der Waals surface area contributed by atoms with E-state index in [1.807, 2.05) is 6.92 Å². The van der Waals surface area contributed by atoms with Crippen LogP contribution < -0.4 is 14.4 Å². The fraction of sp³-hybridized carbons (Fsp3) is 0.269. The average Bonchev–Trinajstić information content (AvgIpc) is 2.93. The largest absolute Gasteiger partial charge is 0.494 e. The van der Waals surface area contributed by atoms with E-state index in [1.165, 1.54) is 52.8 Å². The molecule has 0 aliphatic carbocycles. The van der Waals surface area contributed by atoms with Gasteiger partial charge in [-0.15, -0.1) is 0 Å². The molecule has 4 rings (SSSR count). The second-order valence-electron chi connectivity index (χ2n) is 8.48. The summed E-state index contributed by atoms with van der Waals surface area (Å²) in [6.07, 6.45) is 0. The highest BCUT2D eigenvalue weighted by molar-refractivity contribution is 7.92. The molecule has 1 aliphatic rings. The number of amides is 1. The highest BCUT2D eigenvalue weighted by atomic mass is 35.5. The number of anilines is 2. The van der Waals surface area contributed by atoms with E-state index < -0.39 is 32.5 Å². The van der Waals surface area contributed by atoms with Gasteiger partial charge in [0.15, 0.2) is 0 Å². The first-order valence-corrected chi connectivity index (χ1v) is 15.4. The Morgan fingerprint density at radius 1 is 0.923 bits per heavy atom. The summed E-state index contributed by atoms with van der Waals surface area (Å²) in [5.41, 5.74) is 0.576. The maximum absolute atomic E-state index is 13.5. The fourth-order valence-electron chi connectivity index (χ4n) is 3.90. The number of rotatable bonds is 10. The van der Waals surface area contributed by atoms with Crippen molar-refractivity contribution in [3.05, 3.63) is 77.8 Å². The molecule has 0 atom stereocenters. The van der Waals surface area contributed by atoms with Crippen LogP contribution in [-0.2, 0) is 29.6 Å². The van der Waals surface area contributed by atoms with Gasteiger partial charge in [0.05, 0.1) is 35.3 Å². The van der Waals surface area contributed by atoms with Crippen LogP contribution in [0.5, 0.6) is 5.75 Å². The van der Waals surface area contributed by atoms with E-state index in [4.69, 9.17) is 21.1 Å². The minimum Gasteiger partial charge on any atom is -0.494 e. The average molecular weight is 594 g/mol. The summed E-state index contributed by atoms with van der Waals surface area (Å²) in [7, 11) is -7.83. The van der Waals surface area contributed by atoms with Crippen LogP contribution in [0.4, 0.5) is 11.4 Å². The molecule has 0 saturated carbocycles. The van der Waals surface area contributed by atoms with Crippen molar-refractivity contribution >= 4 is 48.9 Å². The van der Waals surface area contributed by atoms with Crippen LogP contribution in [0.15, 0.2) is 82.6 Å². The molecule has 3 aromatic carbocycles. The molecule has 1 heterocycles. The van der Waals surface area contributed by atoms with Crippen LogP contribution in [0, 0.1) is 0 Å². The number of hydrogen-bond donors (Lipinski definition) is 1. The maximum atomic E-state index is 13.5. The third-order valence-electron chi connectivity index (χ3n) is 5.87. The number of nitrogens with one attached hydrogen (secondary N) is 1. The van der Waals surface area contributed by atoms with E-state index in [9.17, 15) is 21.6 Å². The lowest BCUT2D eigenvalue weighted by atomic mass is 10.3. The Balaban J connectivity index is 1.54. The zero-order valence-corrected chi connectivity index (χ0v) is 23.5. The van der Waals surface area contributed by atoms with Crippen molar-refractivity contribution < 1.29 is 31.1 Å². The number of benzene rings is 3. The van der Waals surface area contributed by atoms with Crippen LogP contribution in [-0.4, -0.2) is 66.5 Å². The van der Waals surface area contributed by atoms with Crippen molar-refractivity contribution in [2.45, 2.75) is 16.7 Å². The molecule has 0 radical (unpaired) electrons. The van der Waals surface area contributed by atoms with E-state index in [2.05, 4.69) is 5.32 Å². The van der Waals surface area contributed by atoms with Gasteiger partial charge < -0.3 is 14.8 Å². The van der Waals surface area contributed by atoms with Gasteiger partial charge in [-0.05, 0) is 79.7 Å². The molecule has 0 unspecified atom stereocenters. The number of nitrogens with zero attached hydrogens (tertiary/aromatic N) is 2. The Morgan fingerprint density at radius 2 is 1.51 bits per heavy atom. The summed E-state index contributed by atoms with van der Waals surface area (Å²) in [4.78, 5) is 13.1.